The molecule has 2 aromatic rings. The number of aromatic nitrogens is 2. The van der Waals surface area contributed by atoms with E-state index >= 15 is 0 Å². The van der Waals surface area contributed by atoms with Crippen molar-refractivity contribution in [3.05, 3.63) is 40.9 Å². The van der Waals surface area contributed by atoms with Gasteiger partial charge in [-0.25, -0.2) is 4.98 Å². The summed E-state index contributed by atoms with van der Waals surface area (Å²) in [5.74, 6) is 1.01. The van der Waals surface area contributed by atoms with Crippen molar-refractivity contribution >= 4 is 11.8 Å². The summed E-state index contributed by atoms with van der Waals surface area (Å²) in [7, 11) is 0. The van der Waals surface area contributed by atoms with Crippen LogP contribution in [0.5, 0.6) is 0 Å². The highest BCUT2D eigenvalue weighted by atomic mass is 32.2. The Morgan fingerprint density at radius 1 is 1.26 bits per heavy atom. The maximum Gasteiger partial charge on any atom is 0.170 e. The zero-order valence-corrected chi connectivity index (χ0v) is 14.5. The van der Waals surface area contributed by atoms with Crippen LogP contribution in [0, 0.1) is 16.7 Å². The first-order chi connectivity index (χ1) is 10.9. The SMILES string of the molecule is CC(C)(C)c1ccc(-c2nc3n(c(=N)c2C#N)CCCS3)cc1. The first kappa shape index (κ1) is 15.8. The summed E-state index contributed by atoms with van der Waals surface area (Å²) >= 11 is 1.66. The van der Waals surface area contributed by atoms with Gasteiger partial charge in [-0.15, -0.1) is 0 Å². The molecule has 0 atom stereocenters. The third-order valence-electron chi connectivity index (χ3n) is 4.08. The van der Waals surface area contributed by atoms with Gasteiger partial charge in [0.05, 0.1) is 5.69 Å². The largest absolute Gasteiger partial charge is 0.305 e. The van der Waals surface area contributed by atoms with E-state index in [0.717, 1.165) is 29.4 Å². The first-order valence-electron chi connectivity index (χ1n) is 7.75. The number of benzene rings is 1. The molecule has 23 heavy (non-hydrogen) atoms. The molecule has 0 radical (unpaired) electrons. The topological polar surface area (TPSA) is 65.5 Å². The molecule has 1 aliphatic heterocycles. The lowest BCUT2D eigenvalue weighted by Crippen LogP contribution is -2.29. The van der Waals surface area contributed by atoms with Gasteiger partial charge in [0.1, 0.15) is 17.1 Å². The summed E-state index contributed by atoms with van der Waals surface area (Å²) in [6, 6.07) is 10.4. The van der Waals surface area contributed by atoms with Crippen LogP contribution in [0.4, 0.5) is 0 Å². The predicted molar refractivity (Wildman–Crippen MR) is 92.3 cm³/mol. The van der Waals surface area contributed by atoms with E-state index in [2.05, 4.69) is 39.0 Å². The Labute approximate surface area is 140 Å². The summed E-state index contributed by atoms with van der Waals surface area (Å²) in [5.41, 5.74) is 3.50. The van der Waals surface area contributed by atoms with Crippen LogP contribution in [0.1, 0.15) is 38.3 Å². The zero-order valence-electron chi connectivity index (χ0n) is 13.7. The third kappa shape index (κ3) is 2.91. The van der Waals surface area contributed by atoms with E-state index in [-0.39, 0.29) is 10.9 Å². The molecule has 0 unspecified atom stereocenters. The molecule has 0 bridgehead atoms. The van der Waals surface area contributed by atoms with Crippen molar-refractivity contribution in [3.63, 3.8) is 0 Å². The smallest absolute Gasteiger partial charge is 0.170 e. The summed E-state index contributed by atoms with van der Waals surface area (Å²) in [4.78, 5) is 4.69. The van der Waals surface area contributed by atoms with Gasteiger partial charge < -0.3 is 4.57 Å². The van der Waals surface area contributed by atoms with Crippen molar-refractivity contribution in [3.8, 4) is 17.3 Å². The molecule has 0 saturated carbocycles. The normalized spacial score (nSPS) is 14.2. The van der Waals surface area contributed by atoms with Gasteiger partial charge in [0.2, 0.25) is 0 Å². The van der Waals surface area contributed by atoms with Crippen molar-refractivity contribution in [1.82, 2.24) is 9.55 Å². The molecule has 0 saturated heterocycles. The van der Waals surface area contributed by atoms with Gasteiger partial charge in [-0.1, -0.05) is 56.8 Å². The van der Waals surface area contributed by atoms with E-state index in [1.54, 1.807) is 11.8 Å². The van der Waals surface area contributed by atoms with Crippen LogP contribution in [0.2, 0.25) is 0 Å². The van der Waals surface area contributed by atoms with Gasteiger partial charge in [0.15, 0.2) is 5.16 Å². The second kappa shape index (κ2) is 5.86. The molecular formula is C18H20N4S. The zero-order chi connectivity index (χ0) is 16.6. The summed E-state index contributed by atoms with van der Waals surface area (Å²) in [6.07, 6.45) is 1.01. The van der Waals surface area contributed by atoms with Crippen LogP contribution < -0.4 is 5.49 Å². The van der Waals surface area contributed by atoms with Gasteiger partial charge in [-0.3, -0.25) is 5.41 Å². The molecule has 0 amide bonds. The first-order valence-corrected chi connectivity index (χ1v) is 8.73. The molecule has 0 spiro atoms. The minimum absolute atomic E-state index is 0.0894. The molecule has 0 fully saturated rings. The minimum Gasteiger partial charge on any atom is -0.305 e. The van der Waals surface area contributed by atoms with Crippen molar-refractivity contribution < 1.29 is 0 Å². The van der Waals surface area contributed by atoms with Gasteiger partial charge >= 0.3 is 0 Å². The van der Waals surface area contributed by atoms with E-state index in [1.165, 1.54) is 5.56 Å². The lowest BCUT2D eigenvalue weighted by atomic mass is 9.86. The van der Waals surface area contributed by atoms with Crippen molar-refractivity contribution in [1.29, 1.82) is 10.7 Å². The van der Waals surface area contributed by atoms with Crippen LogP contribution in [0.25, 0.3) is 11.3 Å². The Bertz CT molecular complexity index is 836. The van der Waals surface area contributed by atoms with Gasteiger partial charge in [-0.2, -0.15) is 5.26 Å². The summed E-state index contributed by atoms with van der Waals surface area (Å²) < 4.78 is 1.85. The Morgan fingerprint density at radius 3 is 2.57 bits per heavy atom. The Hall–Kier alpha value is -2.06. The number of nitrogens with zero attached hydrogens (tertiary/aromatic N) is 3. The molecule has 1 aromatic heterocycles. The highest BCUT2D eigenvalue weighted by molar-refractivity contribution is 7.99. The molecule has 3 rings (SSSR count). The fraction of sp³-hybridized carbons (Fsp3) is 0.389. The summed E-state index contributed by atoms with van der Waals surface area (Å²) in [6.45, 7) is 7.30. The maximum atomic E-state index is 9.52. The van der Waals surface area contributed by atoms with Crippen LogP contribution in [0.3, 0.4) is 0 Å². The fourth-order valence-electron chi connectivity index (χ4n) is 2.70. The fourth-order valence-corrected chi connectivity index (χ4v) is 3.65. The molecule has 2 heterocycles. The third-order valence-corrected chi connectivity index (χ3v) is 5.14. The molecule has 5 heteroatoms. The molecule has 1 N–H and O–H groups in total. The number of hydrogen-bond acceptors (Lipinski definition) is 4. The lowest BCUT2D eigenvalue weighted by Gasteiger charge is -2.21. The summed E-state index contributed by atoms with van der Waals surface area (Å²) in [5, 5.41) is 18.7. The van der Waals surface area contributed by atoms with Crippen LogP contribution in [0.15, 0.2) is 29.4 Å². The molecule has 0 aliphatic carbocycles. The van der Waals surface area contributed by atoms with Crippen LogP contribution in [-0.4, -0.2) is 15.3 Å². The molecule has 1 aromatic carbocycles. The molecular weight excluding hydrogens is 304 g/mol. The quantitative estimate of drug-likeness (QED) is 0.814. The highest BCUT2D eigenvalue weighted by Gasteiger charge is 2.19. The predicted octanol–water partition coefficient (Wildman–Crippen LogP) is 3.69. The Kier molecular flexibility index (Phi) is 4.03. The maximum absolute atomic E-state index is 9.52. The Balaban J connectivity index is 2.15. The number of fused-ring (bicyclic) bond motifs is 1. The van der Waals surface area contributed by atoms with E-state index < -0.39 is 0 Å². The van der Waals surface area contributed by atoms with Crippen LogP contribution >= 0.6 is 11.8 Å². The molecule has 4 nitrogen and oxygen atoms in total. The van der Waals surface area contributed by atoms with Crippen molar-refractivity contribution in [2.24, 2.45) is 0 Å². The highest BCUT2D eigenvalue weighted by Crippen LogP contribution is 2.28. The van der Waals surface area contributed by atoms with E-state index in [0.29, 0.717) is 11.3 Å². The van der Waals surface area contributed by atoms with E-state index in [4.69, 9.17) is 10.4 Å². The van der Waals surface area contributed by atoms with Gasteiger partial charge in [-0.05, 0) is 17.4 Å². The van der Waals surface area contributed by atoms with E-state index in [9.17, 15) is 5.26 Å². The Morgan fingerprint density at radius 2 is 1.96 bits per heavy atom. The minimum atomic E-state index is 0.0894. The standard InChI is InChI=1S/C18H20N4S/c1-18(2,3)13-7-5-12(6-8-13)15-14(11-19)16(20)22-9-4-10-23-17(22)21-15/h5-8,20H,4,9-10H2,1-3H3. The molecule has 118 valence electrons. The second-order valence-corrected chi connectivity index (χ2v) is 7.82. The second-order valence-electron chi connectivity index (χ2n) is 6.76. The average molecular weight is 324 g/mol. The van der Waals surface area contributed by atoms with E-state index in [1.807, 2.05) is 16.7 Å². The van der Waals surface area contributed by atoms with Gasteiger partial charge in [0.25, 0.3) is 0 Å². The number of rotatable bonds is 1. The number of thioether (sulfide) groups is 1. The van der Waals surface area contributed by atoms with Crippen LogP contribution in [-0.2, 0) is 12.0 Å². The monoisotopic (exact) mass is 324 g/mol. The van der Waals surface area contributed by atoms with Gasteiger partial charge in [0, 0.05) is 17.9 Å². The number of nitriles is 1. The lowest BCUT2D eigenvalue weighted by molar-refractivity contribution is 0.549. The molecule has 1 aliphatic rings. The average Bonchev–Trinajstić information content (AvgIpc) is 2.54. The van der Waals surface area contributed by atoms with Crippen molar-refractivity contribution in [2.75, 3.05) is 5.75 Å². The van der Waals surface area contributed by atoms with Crippen molar-refractivity contribution in [2.45, 2.75) is 44.3 Å². The number of nitrogens with one attached hydrogen (secondary N) is 1. The number of hydrogen-bond donors (Lipinski definition) is 1.